The van der Waals surface area contributed by atoms with Crippen LogP contribution in [0, 0.1) is 6.92 Å². The molecule has 1 aromatic heterocycles. The minimum atomic E-state index is 0.0799. The summed E-state index contributed by atoms with van der Waals surface area (Å²) in [6, 6.07) is 11.8. The molecular formula is C17H21N3O. The number of aromatic nitrogens is 1. The molecule has 2 N–H and O–H groups in total. The molecule has 4 nitrogen and oxygen atoms in total. The number of hydrogen-bond donors (Lipinski definition) is 1. The fourth-order valence-electron chi connectivity index (χ4n) is 2.21. The van der Waals surface area contributed by atoms with Crippen LogP contribution in [0.25, 0.3) is 0 Å². The third-order valence-corrected chi connectivity index (χ3v) is 3.37. The normalized spacial score (nSPS) is 10.4. The Morgan fingerprint density at radius 1 is 1.29 bits per heavy atom. The van der Waals surface area contributed by atoms with Gasteiger partial charge in [0.1, 0.15) is 0 Å². The molecule has 0 atom stereocenters. The topological polar surface area (TPSA) is 59.2 Å². The number of nitrogens with two attached hydrogens (primary N) is 1. The van der Waals surface area contributed by atoms with E-state index in [1.54, 1.807) is 18.3 Å². The Bertz CT molecular complexity index is 608. The summed E-state index contributed by atoms with van der Waals surface area (Å²) < 4.78 is 0. The van der Waals surface area contributed by atoms with E-state index in [0.29, 0.717) is 25.2 Å². The largest absolute Gasteiger partial charge is 0.397 e. The molecule has 0 aliphatic heterocycles. The van der Waals surface area contributed by atoms with Crippen molar-refractivity contribution in [2.24, 2.45) is 0 Å². The van der Waals surface area contributed by atoms with Crippen LogP contribution >= 0.6 is 0 Å². The highest BCUT2D eigenvalue weighted by atomic mass is 16.2. The van der Waals surface area contributed by atoms with Crippen LogP contribution in [0.2, 0.25) is 0 Å². The van der Waals surface area contributed by atoms with Gasteiger partial charge >= 0.3 is 0 Å². The van der Waals surface area contributed by atoms with E-state index in [0.717, 1.165) is 11.3 Å². The average molecular weight is 283 g/mol. The van der Waals surface area contributed by atoms with Gasteiger partial charge in [0.2, 0.25) is 5.91 Å². The highest BCUT2D eigenvalue weighted by molar-refractivity contribution is 5.78. The first-order chi connectivity index (χ1) is 10.1. The molecule has 0 bridgehead atoms. The monoisotopic (exact) mass is 283 g/mol. The molecule has 21 heavy (non-hydrogen) atoms. The number of carbonyl (C=O) groups is 1. The second kappa shape index (κ2) is 6.88. The van der Waals surface area contributed by atoms with Gasteiger partial charge in [-0.1, -0.05) is 29.8 Å². The summed E-state index contributed by atoms with van der Waals surface area (Å²) >= 11 is 0. The van der Waals surface area contributed by atoms with Crippen LogP contribution in [0.5, 0.6) is 0 Å². The molecule has 0 aliphatic carbocycles. The number of aryl methyl sites for hydroxylation is 1. The number of hydrogen-bond acceptors (Lipinski definition) is 3. The minimum Gasteiger partial charge on any atom is -0.397 e. The molecule has 0 radical (unpaired) electrons. The number of benzene rings is 1. The fourth-order valence-corrected chi connectivity index (χ4v) is 2.21. The van der Waals surface area contributed by atoms with Gasteiger partial charge in [-0.25, -0.2) is 0 Å². The molecular weight excluding hydrogens is 262 g/mol. The van der Waals surface area contributed by atoms with Crippen molar-refractivity contribution in [1.82, 2.24) is 9.88 Å². The van der Waals surface area contributed by atoms with Gasteiger partial charge in [-0.3, -0.25) is 9.78 Å². The lowest BCUT2D eigenvalue weighted by molar-refractivity contribution is -0.130. The maximum absolute atomic E-state index is 12.4. The van der Waals surface area contributed by atoms with Crippen LogP contribution in [0.1, 0.15) is 23.7 Å². The second-order valence-corrected chi connectivity index (χ2v) is 5.16. The Morgan fingerprint density at radius 2 is 2.10 bits per heavy atom. The maximum Gasteiger partial charge on any atom is 0.228 e. The SMILES string of the molecule is CCN(Cc1cccc(C)c1)C(=O)Cc1ccc(N)cn1. The van der Waals surface area contributed by atoms with Crippen molar-refractivity contribution in [2.75, 3.05) is 12.3 Å². The summed E-state index contributed by atoms with van der Waals surface area (Å²) in [5, 5.41) is 0. The van der Waals surface area contributed by atoms with E-state index >= 15 is 0 Å². The molecule has 2 aromatic rings. The Hall–Kier alpha value is -2.36. The van der Waals surface area contributed by atoms with E-state index in [2.05, 4.69) is 24.0 Å². The van der Waals surface area contributed by atoms with Crippen LogP contribution in [-0.2, 0) is 17.8 Å². The number of likely N-dealkylation sites (N-methyl/N-ethyl adjacent to an activating group) is 1. The highest BCUT2D eigenvalue weighted by Crippen LogP contribution is 2.10. The Balaban J connectivity index is 2.03. The third kappa shape index (κ3) is 4.31. The molecule has 0 fully saturated rings. The summed E-state index contributed by atoms with van der Waals surface area (Å²) in [6.45, 7) is 5.36. The van der Waals surface area contributed by atoms with Gasteiger partial charge in [-0.15, -0.1) is 0 Å². The zero-order chi connectivity index (χ0) is 15.2. The van der Waals surface area contributed by atoms with Crippen LogP contribution in [0.15, 0.2) is 42.6 Å². The van der Waals surface area contributed by atoms with Crippen LogP contribution < -0.4 is 5.73 Å². The zero-order valence-electron chi connectivity index (χ0n) is 12.5. The maximum atomic E-state index is 12.4. The smallest absolute Gasteiger partial charge is 0.228 e. The number of nitrogen functional groups attached to an aromatic ring is 1. The molecule has 1 aromatic carbocycles. The van der Waals surface area contributed by atoms with Crippen molar-refractivity contribution in [2.45, 2.75) is 26.8 Å². The predicted octanol–water partition coefficient (Wildman–Crippen LogP) is 2.56. The summed E-state index contributed by atoms with van der Waals surface area (Å²) in [7, 11) is 0. The third-order valence-electron chi connectivity index (χ3n) is 3.37. The van der Waals surface area contributed by atoms with E-state index < -0.39 is 0 Å². The number of nitrogens with zero attached hydrogens (tertiary/aromatic N) is 2. The average Bonchev–Trinajstić information content (AvgIpc) is 2.47. The molecule has 0 unspecified atom stereocenters. The Morgan fingerprint density at radius 3 is 2.71 bits per heavy atom. The predicted molar refractivity (Wildman–Crippen MR) is 84.6 cm³/mol. The summed E-state index contributed by atoms with van der Waals surface area (Å²) in [5.74, 6) is 0.0799. The van der Waals surface area contributed by atoms with Gasteiger partial charge in [-0.05, 0) is 31.5 Å². The molecule has 110 valence electrons. The molecule has 0 saturated heterocycles. The number of pyridine rings is 1. The van der Waals surface area contributed by atoms with Gasteiger partial charge in [0, 0.05) is 18.8 Å². The molecule has 4 heteroatoms. The van der Waals surface area contributed by atoms with E-state index in [1.165, 1.54) is 5.56 Å². The van der Waals surface area contributed by atoms with Gasteiger partial charge in [-0.2, -0.15) is 0 Å². The van der Waals surface area contributed by atoms with Crippen LogP contribution in [0.4, 0.5) is 5.69 Å². The van der Waals surface area contributed by atoms with E-state index in [1.807, 2.05) is 24.0 Å². The van der Waals surface area contributed by atoms with Crippen LogP contribution in [-0.4, -0.2) is 22.3 Å². The van der Waals surface area contributed by atoms with Crippen molar-refractivity contribution in [1.29, 1.82) is 0 Å². The number of carbonyl (C=O) groups excluding carboxylic acids is 1. The van der Waals surface area contributed by atoms with E-state index in [9.17, 15) is 4.79 Å². The minimum absolute atomic E-state index is 0.0799. The second-order valence-electron chi connectivity index (χ2n) is 5.16. The molecule has 1 amide bonds. The molecule has 0 aliphatic rings. The number of amides is 1. The lowest BCUT2D eigenvalue weighted by Gasteiger charge is -2.21. The first-order valence-electron chi connectivity index (χ1n) is 7.12. The Labute approximate surface area is 125 Å². The highest BCUT2D eigenvalue weighted by Gasteiger charge is 2.13. The zero-order valence-corrected chi connectivity index (χ0v) is 12.5. The summed E-state index contributed by atoms with van der Waals surface area (Å²) in [6.07, 6.45) is 1.89. The quantitative estimate of drug-likeness (QED) is 0.917. The standard InChI is InChI=1S/C17H21N3O/c1-3-20(12-14-6-4-5-13(2)9-14)17(21)10-16-8-7-15(18)11-19-16/h4-9,11H,3,10,12,18H2,1-2H3. The van der Waals surface area contributed by atoms with E-state index in [4.69, 9.17) is 5.73 Å². The van der Waals surface area contributed by atoms with Crippen molar-refractivity contribution >= 4 is 11.6 Å². The van der Waals surface area contributed by atoms with Gasteiger partial charge in [0.25, 0.3) is 0 Å². The van der Waals surface area contributed by atoms with Crippen molar-refractivity contribution < 1.29 is 4.79 Å². The number of rotatable bonds is 5. The van der Waals surface area contributed by atoms with Gasteiger partial charge in [0.05, 0.1) is 18.3 Å². The van der Waals surface area contributed by atoms with Gasteiger partial charge < -0.3 is 10.6 Å². The molecule has 0 spiro atoms. The van der Waals surface area contributed by atoms with Gasteiger partial charge in [0.15, 0.2) is 0 Å². The van der Waals surface area contributed by atoms with Crippen molar-refractivity contribution in [3.8, 4) is 0 Å². The first-order valence-corrected chi connectivity index (χ1v) is 7.12. The lowest BCUT2D eigenvalue weighted by atomic mass is 10.1. The molecule has 1 heterocycles. The van der Waals surface area contributed by atoms with Crippen molar-refractivity contribution in [3.05, 3.63) is 59.4 Å². The Kier molecular flexibility index (Phi) is 4.93. The number of anilines is 1. The van der Waals surface area contributed by atoms with Crippen molar-refractivity contribution in [3.63, 3.8) is 0 Å². The lowest BCUT2D eigenvalue weighted by Crippen LogP contribution is -2.31. The van der Waals surface area contributed by atoms with E-state index in [-0.39, 0.29) is 5.91 Å². The fraction of sp³-hybridized carbons (Fsp3) is 0.294. The summed E-state index contributed by atoms with van der Waals surface area (Å²) in [5.41, 5.74) is 9.31. The molecule has 2 rings (SSSR count). The van der Waals surface area contributed by atoms with Crippen LogP contribution in [0.3, 0.4) is 0 Å². The molecule has 0 saturated carbocycles. The first kappa shape index (κ1) is 15.0. The summed E-state index contributed by atoms with van der Waals surface area (Å²) in [4.78, 5) is 18.4.